The van der Waals surface area contributed by atoms with Crippen LogP contribution in [0.4, 0.5) is 23.0 Å². The van der Waals surface area contributed by atoms with Crippen LogP contribution in [0, 0.1) is 24.0 Å². The normalized spacial score (nSPS) is 11.9. The Morgan fingerprint density at radius 2 is 1.76 bits per heavy atom. The van der Waals surface area contributed by atoms with Gasteiger partial charge in [0.25, 0.3) is 0 Å². The minimum Gasteiger partial charge on any atom is -0.454 e. The molecular weight excluding hydrogens is 374 g/mol. The first-order valence-electron chi connectivity index (χ1n) is 8.97. The molecule has 0 unspecified atom stereocenters. The maximum Gasteiger partial charge on any atom is 0.353 e. The van der Waals surface area contributed by atoms with Gasteiger partial charge in [-0.15, -0.1) is 0 Å². The molecule has 0 aliphatic carbocycles. The average molecular weight is 393 g/mol. The smallest absolute Gasteiger partial charge is 0.353 e. The second kappa shape index (κ2) is 7.63. The van der Waals surface area contributed by atoms with Crippen LogP contribution in [0.2, 0.25) is 0 Å². The molecule has 0 amide bonds. The van der Waals surface area contributed by atoms with Gasteiger partial charge >= 0.3 is 5.69 Å². The first-order valence-corrected chi connectivity index (χ1v) is 8.97. The Bertz CT molecular complexity index is 1070. The third kappa shape index (κ3) is 4.03. The zero-order chi connectivity index (χ0) is 20.4. The van der Waals surface area contributed by atoms with E-state index in [1.165, 1.54) is 6.33 Å². The highest BCUT2D eigenvalue weighted by molar-refractivity contribution is 5.74. The van der Waals surface area contributed by atoms with Crippen LogP contribution in [-0.2, 0) is 6.54 Å². The summed E-state index contributed by atoms with van der Waals surface area (Å²) in [7, 11) is 0. The van der Waals surface area contributed by atoms with Crippen molar-refractivity contribution in [2.75, 3.05) is 17.4 Å². The Balaban J connectivity index is 1.58. The second-order valence-electron chi connectivity index (χ2n) is 6.72. The van der Waals surface area contributed by atoms with Gasteiger partial charge < -0.3 is 20.1 Å². The number of hydrogen-bond acceptors (Lipinski definition) is 8. The van der Waals surface area contributed by atoms with Gasteiger partial charge in [-0.3, -0.25) is 10.1 Å². The molecule has 0 spiro atoms. The molecule has 9 nitrogen and oxygen atoms in total. The predicted octanol–water partition coefficient (Wildman–Crippen LogP) is 4.09. The fourth-order valence-corrected chi connectivity index (χ4v) is 3.19. The van der Waals surface area contributed by atoms with Crippen LogP contribution in [0.3, 0.4) is 0 Å². The van der Waals surface area contributed by atoms with Crippen LogP contribution in [0.1, 0.15) is 16.7 Å². The van der Waals surface area contributed by atoms with Crippen molar-refractivity contribution >= 4 is 23.0 Å². The van der Waals surface area contributed by atoms with Gasteiger partial charge in [-0.05, 0) is 54.8 Å². The van der Waals surface area contributed by atoms with E-state index in [-0.39, 0.29) is 24.1 Å². The third-order valence-corrected chi connectivity index (χ3v) is 4.39. The van der Waals surface area contributed by atoms with Crippen molar-refractivity contribution in [3.05, 3.63) is 69.5 Å². The van der Waals surface area contributed by atoms with Crippen molar-refractivity contribution < 1.29 is 14.4 Å². The number of nitrogens with zero attached hydrogens (tertiary/aromatic N) is 3. The maximum atomic E-state index is 11.7. The van der Waals surface area contributed by atoms with Crippen molar-refractivity contribution in [1.82, 2.24) is 9.97 Å². The third-order valence-electron chi connectivity index (χ3n) is 4.39. The highest BCUT2D eigenvalue weighted by Gasteiger charge is 2.23. The van der Waals surface area contributed by atoms with E-state index < -0.39 is 4.92 Å². The SMILES string of the molecule is Cc1cc(C)cc(Nc2ncnc(NCc3ccc4c(c3)OCO4)c2[N+](=O)[O-])c1. The minimum absolute atomic E-state index is 0.128. The summed E-state index contributed by atoms with van der Waals surface area (Å²) in [6.07, 6.45) is 1.29. The molecule has 0 radical (unpaired) electrons. The molecule has 29 heavy (non-hydrogen) atoms. The fourth-order valence-electron chi connectivity index (χ4n) is 3.19. The van der Waals surface area contributed by atoms with Gasteiger partial charge in [-0.1, -0.05) is 12.1 Å². The monoisotopic (exact) mass is 393 g/mol. The molecule has 0 atom stereocenters. The predicted molar refractivity (Wildman–Crippen MR) is 108 cm³/mol. The lowest BCUT2D eigenvalue weighted by molar-refractivity contribution is -0.383. The quantitative estimate of drug-likeness (QED) is 0.476. The molecule has 1 aliphatic heterocycles. The maximum absolute atomic E-state index is 11.7. The summed E-state index contributed by atoms with van der Waals surface area (Å²) < 4.78 is 10.7. The molecular formula is C20H19N5O4. The Morgan fingerprint density at radius 3 is 2.52 bits per heavy atom. The van der Waals surface area contributed by atoms with Gasteiger partial charge in [0, 0.05) is 12.2 Å². The van der Waals surface area contributed by atoms with Gasteiger partial charge in [-0.25, -0.2) is 9.97 Å². The van der Waals surface area contributed by atoms with E-state index in [2.05, 4.69) is 20.6 Å². The van der Waals surface area contributed by atoms with Crippen molar-refractivity contribution in [3.8, 4) is 11.5 Å². The lowest BCUT2D eigenvalue weighted by atomic mass is 10.1. The molecule has 0 saturated carbocycles. The highest BCUT2D eigenvalue weighted by atomic mass is 16.7. The Morgan fingerprint density at radius 1 is 1.03 bits per heavy atom. The first-order chi connectivity index (χ1) is 14.0. The van der Waals surface area contributed by atoms with Crippen LogP contribution < -0.4 is 20.1 Å². The fraction of sp³-hybridized carbons (Fsp3) is 0.200. The second-order valence-corrected chi connectivity index (χ2v) is 6.72. The number of hydrogen-bond donors (Lipinski definition) is 2. The molecule has 1 aliphatic rings. The minimum atomic E-state index is -0.493. The number of nitro groups is 1. The Labute approximate surface area is 166 Å². The number of nitrogens with one attached hydrogen (secondary N) is 2. The molecule has 1 aromatic heterocycles. The summed E-state index contributed by atoms with van der Waals surface area (Å²) in [6.45, 7) is 4.45. The molecule has 2 heterocycles. The first kappa shape index (κ1) is 18.5. The summed E-state index contributed by atoms with van der Waals surface area (Å²) >= 11 is 0. The van der Waals surface area contributed by atoms with E-state index in [0.717, 1.165) is 22.4 Å². The zero-order valence-electron chi connectivity index (χ0n) is 15.9. The molecule has 4 rings (SSSR count). The highest BCUT2D eigenvalue weighted by Crippen LogP contribution is 2.34. The topological polar surface area (TPSA) is 111 Å². The number of rotatable bonds is 6. The summed E-state index contributed by atoms with van der Waals surface area (Å²) in [5, 5.41) is 17.8. The van der Waals surface area contributed by atoms with Gasteiger partial charge in [-0.2, -0.15) is 0 Å². The molecule has 0 fully saturated rings. The lowest BCUT2D eigenvalue weighted by Crippen LogP contribution is -2.08. The molecule has 2 aromatic carbocycles. The molecule has 2 N–H and O–H groups in total. The average Bonchev–Trinajstić information content (AvgIpc) is 3.13. The molecule has 0 saturated heterocycles. The number of aromatic nitrogens is 2. The standard InChI is InChI=1S/C20H19N5O4/c1-12-5-13(2)7-15(6-12)24-20-18(25(26)27)19(22-10-23-20)21-9-14-3-4-16-17(8-14)29-11-28-16/h3-8,10H,9,11H2,1-2H3,(H2,21,22,23,24). The van der Waals surface area contributed by atoms with Gasteiger partial charge in [0.15, 0.2) is 11.5 Å². The largest absolute Gasteiger partial charge is 0.454 e. The summed E-state index contributed by atoms with van der Waals surface area (Å²) in [5.74, 6) is 1.60. The molecule has 9 heteroatoms. The van der Waals surface area contributed by atoms with E-state index in [9.17, 15) is 10.1 Å². The Hall–Kier alpha value is -3.88. The van der Waals surface area contributed by atoms with Crippen LogP contribution >= 0.6 is 0 Å². The van der Waals surface area contributed by atoms with Gasteiger partial charge in [0.05, 0.1) is 4.92 Å². The zero-order valence-corrected chi connectivity index (χ0v) is 15.9. The van der Waals surface area contributed by atoms with Crippen molar-refractivity contribution in [1.29, 1.82) is 0 Å². The van der Waals surface area contributed by atoms with Crippen molar-refractivity contribution in [2.45, 2.75) is 20.4 Å². The Kier molecular flexibility index (Phi) is 4.86. The van der Waals surface area contributed by atoms with E-state index in [1.54, 1.807) is 6.07 Å². The molecule has 148 valence electrons. The van der Waals surface area contributed by atoms with E-state index in [1.807, 2.05) is 44.2 Å². The lowest BCUT2D eigenvalue weighted by Gasteiger charge is -2.11. The molecule has 0 bridgehead atoms. The number of fused-ring (bicyclic) bond motifs is 1. The van der Waals surface area contributed by atoms with Crippen LogP contribution in [0.15, 0.2) is 42.7 Å². The molecule has 3 aromatic rings. The van der Waals surface area contributed by atoms with Crippen molar-refractivity contribution in [2.24, 2.45) is 0 Å². The van der Waals surface area contributed by atoms with Crippen LogP contribution in [-0.4, -0.2) is 21.7 Å². The van der Waals surface area contributed by atoms with E-state index in [4.69, 9.17) is 9.47 Å². The number of anilines is 3. The van der Waals surface area contributed by atoms with Crippen LogP contribution in [0.5, 0.6) is 11.5 Å². The summed E-state index contributed by atoms with van der Waals surface area (Å²) in [6, 6.07) is 11.3. The van der Waals surface area contributed by atoms with Gasteiger partial charge in [0.2, 0.25) is 18.4 Å². The number of ether oxygens (including phenoxy) is 2. The van der Waals surface area contributed by atoms with Crippen LogP contribution in [0.25, 0.3) is 0 Å². The number of aryl methyl sites for hydroxylation is 2. The summed E-state index contributed by atoms with van der Waals surface area (Å²) in [5.41, 5.74) is 3.49. The van der Waals surface area contributed by atoms with Crippen molar-refractivity contribution in [3.63, 3.8) is 0 Å². The van der Waals surface area contributed by atoms with Gasteiger partial charge in [0.1, 0.15) is 6.33 Å². The van der Waals surface area contributed by atoms with E-state index >= 15 is 0 Å². The summed E-state index contributed by atoms with van der Waals surface area (Å²) in [4.78, 5) is 19.4. The van der Waals surface area contributed by atoms with E-state index in [0.29, 0.717) is 18.0 Å². The number of benzene rings is 2.